The topological polar surface area (TPSA) is 49.3 Å². The van der Waals surface area contributed by atoms with Crippen molar-refractivity contribution in [1.29, 1.82) is 0 Å². The molecule has 0 aromatic heterocycles. The van der Waals surface area contributed by atoms with Crippen LogP contribution in [0.4, 0.5) is 0 Å². The third kappa shape index (κ3) is 3.63. The number of nitrogens with one attached hydrogen (secondary N) is 1. The minimum atomic E-state index is -0.246. The van der Waals surface area contributed by atoms with Crippen molar-refractivity contribution in [3.05, 3.63) is 28.8 Å². The third-order valence-corrected chi connectivity index (χ3v) is 4.11. The Hall–Kier alpha value is -1.22. The van der Waals surface area contributed by atoms with Crippen molar-refractivity contribution in [2.75, 3.05) is 0 Å². The van der Waals surface area contributed by atoms with Crippen LogP contribution in [-0.2, 0) is 0 Å². The minimum Gasteiger partial charge on any atom is -0.507 e. The van der Waals surface area contributed by atoms with Crippen molar-refractivity contribution in [1.82, 2.24) is 5.32 Å². The van der Waals surface area contributed by atoms with Crippen molar-refractivity contribution >= 4 is 17.5 Å². The molecule has 1 aromatic carbocycles. The summed E-state index contributed by atoms with van der Waals surface area (Å²) >= 11 is 5.85. The quantitative estimate of drug-likeness (QED) is 0.867. The number of carbonyl (C=O) groups is 1. The zero-order valence-corrected chi connectivity index (χ0v) is 12.1. The predicted molar refractivity (Wildman–Crippen MR) is 76.6 cm³/mol. The van der Waals surface area contributed by atoms with Crippen LogP contribution in [0.25, 0.3) is 0 Å². The number of benzene rings is 1. The van der Waals surface area contributed by atoms with Gasteiger partial charge in [-0.25, -0.2) is 0 Å². The number of halogens is 1. The molecule has 2 rings (SSSR count). The van der Waals surface area contributed by atoms with Crippen molar-refractivity contribution in [2.24, 2.45) is 5.41 Å². The molecule has 1 fully saturated rings. The molecule has 0 aliphatic heterocycles. The summed E-state index contributed by atoms with van der Waals surface area (Å²) in [5, 5.41) is 13.1. The molecule has 1 aliphatic carbocycles. The fraction of sp³-hybridized carbons (Fsp3) is 0.533. The van der Waals surface area contributed by atoms with Crippen LogP contribution in [-0.4, -0.2) is 17.1 Å². The first-order valence-corrected chi connectivity index (χ1v) is 7.04. The van der Waals surface area contributed by atoms with E-state index in [1.165, 1.54) is 12.1 Å². The minimum absolute atomic E-state index is 0.0296. The van der Waals surface area contributed by atoms with Gasteiger partial charge in [0, 0.05) is 11.1 Å². The van der Waals surface area contributed by atoms with Crippen LogP contribution in [0.5, 0.6) is 5.75 Å². The number of aromatic hydroxyl groups is 1. The van der Waals surface area contributed by atoms with E-state index in [2.05, 4.69) is 19.2 Å². The Labute approximate surface area is 119 Å². The lowest BCUT2D eigenvalue weighted by Gasteiger charge is -2.34. The van der Waals surface area contributed by atoms with Gasteiger partial charge in [0.1, 0.15) is 5.75 Å². The van der Waals surface area contributed by atoms with Crippen LogP contribution < -0.4 is 5.32 Å². The smallest absolute Gasteiger partial charge is 0.255 e. The summed E-state index contributed by atoms with van der Waals surface area (Å²) in [5.41, 5.74) is 0.622. The maximum Gasteiger partial charge on any atom is 0.255 e. The molecule has 0 heterocycles. The third-order valence-electron chi connectivity index (χ3n) is 3.88. The van der Waals surface area contributed by atoms with Gasteiger partial charge in [-0.2, -0.15) is 0 Å². The van der Waals surface area contributed by atoms with Crippen LogP contribution in [0.2, 0.25) is 5.02 Å². The molecular formula is C15H20ClNO2. The Balaban J connectivity index is 2.00. The largest absolute Gasteiger partial charge is 0.507 e. The molecule has 0 unspecified atom stereocenters. The SMILES string of the molecule is CC1(C)CCC(NC(=O)c2cc(Cl)ccc2O)CC1. The number of phenolic OH excluding ortho intramolecular Hbond substituents is 1. The highest BCUT2D eigenvalue weighted by molar-refractivity contribution is 6.31. The normalized spacial score (nSPS) is 19.1. The second-order valence-corrected chi connectivity index (χ2v) is 6.51. The molecule has 0 bridgehead atoms. The Bertz CT molecular complexity index is 475. The summed E-state index contributed by atoms with van der Waals surface area (Å²) < 4.78 is 0. The Morgan fingerprint density at radius 1 is 1.37 bits per heavy atom. The number of rotatable bonds is 2. The molecule has 3 nitrogen and oxygen atoms in total. The average molecular weight is 282 g/mol. The lowest BCUT2D eigenvalue weighted by atomic mass is 9.75. The second kappa shape index (κ2) is 5.41. The van der Waals surface area contributed by atoms with E-state index in [1.54, 1.807) is 6.07 Å². The number of amides is 1. The van der Waals surface area contributed by atoms with E-state index < -0.39 is 0 Å². The van der Waals surface area contributed by atoms with Gasteiger partial charge in [0.2, 0.25) is 0 Å². The summed E-state index contributed by atoms with van der Waals surface area (Å²) in [6.07, 6.45) is 4.19. The maximum absolute atomic E-state index is 12.1. The molecule has 0 saturated heterocycles. The molecule has 1 saturated carbocycles. The first-order chi connectivity index (χ1) is 8.87. The van der Waals surface area contributed by atoms with Crippen LogP contribution in [0.3, 0.4) is 0 Å². The molecule has 1 aromatic rings. The van der Waals surface area contributed by atoms with Gasteiger partial charge >= 0.3 is 0 Å². The van der Waals surface area contributed by atoms with Gasteiger partial charge in [-0.1, -0.05) is 25.4 Å². The number of phenols is 1. The first-order valence-electron chi connectivity index (χ1n) is 6.67. The van der Waals surface area contributed by atoms with E-state index in [4.69, 9.17) is 11.6 Å². The van der Waals surface area contributed by atoms with Gasteiger partial charge < -0.3 is 10.4 Å². The standard InChI is InChI=1S/C15H20ClNO2/c1-15(2)7-5-11(6-8-15)17-14(19)12-9-10(16)3-4-13(12)18/h3-4,9,11,18H,5-8H2,1-2H3,(H,17,19). The maximum atomic E-state index is 12.1. The summed E-state index contributed by atoms with van der Waals surface area (Å²) in [7, 11) is 0. The van der Waals surface area contributed by atoms with E-state index in [9.17, 15) is 9.90 Å². The van der Waals surface area contributed by atoms with E-state index in [-0.39, 0.29) is 23.3 Å². The van der Waals surface area contributed by atoms with E-state index in [0.29, 0.717) is 10.4 Å². The van der Waals surface area contributed by atoms with E-state index in [1.807, 2.05) is 0 Å². The zero-order valence-electron chi connectivity index (χ0n) is 11.4. The molecule has 19 heavy (non-hydrogen) atoms. The summed E-state index contributed by atoms with van der Waals surface area (Å²) in [6, 6.07) is 4.70. The molecule has 0 spiro atoms. The number of hydrogen-bond donors (Lipinski definition) is 2. The molecule has 1 amide bonds. The predicted octanol–water partition coefficient (Wildman–Crippen LogP) is 3.74. The molecular weight excluding hydrogens is 262 g/mol. The Kier molecular flexibility index (Phi) is 4.04. The second-order valence-electron chi connectivity index (χ2n) is 6.07. The van der Waals surface area contributed by atoms with Crippen molar-refractivity contribution < 1.29 is 9.90 Å². The molecule has 1 aliphatic rings. The highest BCUT2D eigenvalue weighted by atomic mass is 35.5. The lowest BCUT2D eigenvalue weighted by Crippen LogP contribution is -2.39. The van der Waals surface area contributed by atoms with Gasteiger partial charge in [-0.05, 0) is 49.3 Å². The van der Waals surface area contributed by atoms with E-state index >= 15 is 0 Å². The van der Waals surface area contributed by atoms with Crippen molar-refractivity contribution in [2.45, 2.75) is 45.6 Å². The van der Waals surface area contributed by atoms with Gasteiger partial charge in [-0.3, -0.25) is 4.79 Å². The molecule has 0 atom stereocenters. The lowest BCUT2D eigenvalue weighted by molar-refractivity contribution is 0.0906. The summed E-state index contributed by atoms with van der Waals surface area (Å²) in [6.45, 7) is 4.52. The number of carbonyl (C=O) groups excluding carboxylic acids is 1. The number of hydrogen-bond acceptors (Lipinski definition) is 2. The fourth-order valence-electron chi connectivity index (χ4n) is 2.50. The zero-order chi connectivity index (χ0) is 14.0. The van der Waals surface area contributed by atoms with Gasteiger partial charge in [-0.15, -0.1) is 0 Å². The first kappa shape index (κ1) is 14.2. The fourth-order valence-corrected chi connectivity index (χ4v) is 2.67. The Morgan fingerprint density at radius 2 is 2.00 bits per heavy atom. The monoisotopic (exact) mass is 281 g/mol. The highest BCUT2D eigenvalue weighted by Crippen LogP contribution is 2.35. The molecule has 4 heteroatoms. The average Bonchev–Trinajstić information content (AvgIpc) is 2.35. The van der Waals surface area contributed by atoms with Gasteiger partial charge in [0.15, 0.2) is 0 Å². The van der Waals surface area contributed by atoms with Gasteiger partial charge in [0.25, 0.3) is 5.91 Å². The Morgan fingerprint density at radius 3 is 2.63 bits per heavy atom. The summed E-state index contributed by atoms with van der Waals surface area (Å²) in [4.78, 5) is 12.1. The molecule has 2 N–H and O–H groups in total. The van der Waals surface area contributed by atoms with Crippen LogP contribution >= 0.6 is 11.6 Å². The van der Waals surface area contributed by atoms with Crippen LogP contribution in [0, 0.1) is 5.41 Å². The van der Waals surface area contributed by atoms with Crippen LogP contribution in [0.1, 0.15) is 49.9 Å². The van der Waals surface area contributed by atoms with Crippen LogP contribution in [0.15, 0.2) is 18.2 Å². The van der Waals surface area contributed by atoms with Crippen molar-refractivity contribution in [3.63, 3.8) is 0 Å². The van der Waals surface area contributed by atoms with E-state index in [0.717, 1.165) is 25.7 Å². The van der Waals surface area contributed by atoms with Crippen molar-refractivity contribution in [3.8, 4) is 5.75 Å². The molecule has 104 valence electrons. The van der Waals surface area contributed by atoms with Gasteiger partial charge in [0.05, 0.1) is 5.56 Å². The highest BCUT2D eigenvalue weighted by Gasteiger charge is 2.28. The summed E-state index contributed by atoms with van der Waals surface area (Å²) in [5.74, 6) is -0.275. The molecule has 0 radical (unpaired) electrons.